The Kier molecular flexibility index (Phi) is 6.61. The number of carbonyl (C=O) groups excluding carboxylic acids is 1. The lowest BCUT2D eigenvalue weighted by Crippen LogP contribution is -2.37. The van der Waals surface area contributed by atoms with Gasteiger partial charge in [0.2, 0.25) is 5.91 Å². The molecule has 3 nitrogen and oxygen atoms in total. The van der Waals surface area contributed by atoms with Crippen LogP contribution in [0.1, 0.15) is 22.0 Å². The van der Waals surface area contributed by atoms with Crippen molar-refractivity contribution in [3.8, 4) is 0 Å². The van der Waals surface area contributed by atoms with Gasteiger partial charge in [0.25, 0.3) is 0 Å². The van der Waals surface area contributed by atoms with Crippen LogP contribution >= 0.6 is 22.9 Å². The number of rotatable bonds is 7. The van der Waals surface area contributed by atoms with E-state index in [0.717, 1.165) is 16.0 Å². The van der Waals surface area contributed by atoms with E-state index in [1.165, 1.54) is 12.1 Å². The largest absolute Gasteiger partial charge is 0.343 e. The van der Waals surface area contributed by atoms with Crippen LogP contribution in [-0.4, -0.2) is 24.4 Å². The second-order valence-electron chi connectivity index (χ2n) is 6.33. The summed E-state index contributed by atoms with van der Waals surface area (Å²) in [6, 6.07) is 17.4. The number of hydrogen-bond donors (Lipinski definition) is 1. The van der Waals surface area contributed by atoms with E-state index < -0.39 is 0 Å². The number of amides is 1. The van der Waals surface area contributed by atoms with Crippen LogP contribution in [-0.2, 0) is 11.3 Å². The first-order chi connectivity index (χ1) is 13.0. The maximum absolute atomic E-state index is 13.3. The van der Waals surface area contributed by atoms with E-state index in [9.17, 15) is 9.18 Å². The molecule has 0 bridgehead atoms. The molecule has 27 heavy (non-hydrogen) atoms. The number of nitrogens with one attached hydrogen (secondary N) is 1. The van der Waals surface area contributed by atoms with Crippen molar-refractivity contribution in [2.45, 2.75) is 12.6 Å². The molecule has 0 fully saturated rings. The maximum atomic E-state index is 13.3. The van der Waals surface area contributed by atoms with Gasteiger partial charge >= 0.3 is 0 Å². The summed E-state index contributed by atoms with van der Waals surface area (Å²) in [6.45, 7) is 0.807. The fourth-order valence-corrected chi connectivity index (χ4v) is 3.85. The molecule has 3 rings (SSSR count). The highest BCUT2D eigenvalue weighted by molar-refractivity contribution is 7.10. The molecule has 6 heteroatoms. The summed E-state index contributed by atoms with van der Waals surface area (Å²) >= 11 is 7.75. The van der Waals surface area contributed by atoms with E-state index in [2.05, 4.69) is 5.32 Å². The van der Waals surface area contributed by atoms with E-state index >= 15 is 0 Å². The summed E-state index contributed by atoms with van der Waals surface area (Å²) in [5, 5.41) is 5.71. The number of thiophene rings is 1. The van der Waals surface area contributed by atoms with Crippen LogP contribution in [0.5, 0.6) is 0 Å². The molecule has 1 N–H and O–H groups in total. The van der Waals surface area contributed by atoms with Gasteiger partial charge in [0.1, 0.15) is 5.82 Å². The highest BCUT2D eigenvalue weighted by atomic mass is 35.5. The van der Waals surface area contributed by atoms with Crippen molar-refractivity contribution >= 4 is 28.8 Å². The zero-order valence-corrected chi connectivity index (χ0v) is 16.4. The SMILES string of the molecule is CN(CC(=O)N[C@@H](c1ccc(F)cc1)c1cccs1)Cc1ccccc1Cl. The molecule has 0 unspecified atom stereocenters. The Labute approximate surface area is 167 Å². The molecule has 1 aromatic heterocycles. The number of nitrogens with zero attached hydrogens (tertiary/aromatic N) is 1. The number of benzene rings is 2. The van der Waals surface area contributed by atoms with E-state index in [4.69, 9.17) is 11.6 Å². The Balaban J connectivity index is 1.67. The number of halogens is 2. The summed E-state index contributed by atoms with van der Waals surface area (Å²) in [6.07, 6.45) is 0. The summed E-state index contributed by atoms with van der Waals surface area (Å²) in [5.74, 6) is -0.401. The minimum absolute atomic E-state index is 0.104. The third kappa shape index (κ3) is 5.39. The van der Waals surface area contributed by atoms with Gasteiger partial charge in [0, 0.05) is 16.4 Å². The predicted molar refractivity (Wildman–Crippen MR) is 108 cm³/mol. The first-order valence-electron chi connectivity index (χ1n) is 8.53. The minimum Gasteiger partial charge on any atom is -0.343 e. The van der Waals surface area contributed by atoms with Gasteiger partial charge in [-0.05, 0) is 47.8 Å². The molecular weight excluding hydrogens is 383 g/mol. The van der Waals surface area contributed by atoms with E-state index in [1.807, 2.05) is 53.7 Å². The van der Waals surface area contributed by atoms with Crippen LogP contribution < -0.4 is 5.32 Å². The number of carbonyl (C=O) groups is 1. The molecule has 3 aromatic rings. The smallest absolute Gasteiger partial charge is 0.234 e. The van der Waals surface area contributed by atoms with Gasteiger partial charge in [-0.25, -0.2) is 4.39 Å². The second kappa shape index (κ2) is 9.13. The Hall–Kier alpha value is -2.21. The maximum Gasteiger partial charge on any atom is 0.234 e. The van der Waals surface area contributed by atoms with Crippen LogP contribution in [0.3, 0.4) is 0 Å². The predicted octanol–water partition coefficient (Wildman–Crippen LogP) is 4.88. The molecule has 0 saturated heterocycles. The summed E-state index contributed by atoms with van der Waals surface area (Å²) in [5.41, 5.74) is 1.82. The third-order valence-corrected chi connectivity index (χ3v) is 5.45. The minimum atomic E-state index is -0.299. The fourth-order valence-electron chi connectivity index (χ4n) is 2.85. The quantitative estimate of drug-likeness (QED) is 0.611. The van der Waals surface area contributed by atoms with Crippen molar-refractivity contribution in [2.75, 3.05) is 13.6 Å². The molecule has 0 aliphatic heterocycles. The van der Waals surface area contributed by atoms with Crippen molar-refractivity contribution in [3.63, 3.8) is 0 Å². The molecule has 0 aliphatic carbocycles. The summed E-state index contributed by atoms with van der Waals surface area (Å²) in [4.78, 5) is 15.5. The van der Waals surface area contributed by atoms with Crippen LogP contribution in [0.25, 0.3) is 0 Å². The third-order valence-electron chi connectivity index (χ3n) is 4.15. The lowest BCUT2D eigenvalue weighted by molar-refractivity contribution is -0.122. The van der Waals surface area contributed by atoms with Crippen molar-refractivity contribution in [3.05, 3.63) is 92.9 Å². The van der Waals surface area contributed by atoms with Crippen molar-refractivity contribution in [1.82, 2.24) is 10.2 Å². The second-order valence-corrected chi connectivity index (χ2v) is 7.72. The fraction of sp³-hybridized carbons (Fsp3) is 0.190. The van der Waals surface area contributed by atoms with Crippen LogP contribution in [0.15, 0.2) is 66.0 Å². The van der Waals surface area contributed by atoms with Gasteiger partial charge in [-0.3, -0.25) is 9.69 Å². The molecular formula is C21H20ClFN2OS. The molecule has 0 radical (unpaired) electrons. The molecule has 1 heterocycles. The van der Waals surface area contributed by atoms with Gasteiger partial charge in [-0.2, -0.15) is 0 Å². The van der Waals surface area contributed by atoms with Gasteiger partial charge in [-0.1, -0.05) is 48.0 Å². The van der Waals surface area contributed by atoms with E-state index in [1.54, 1.807) is 23.5 Å². The van der Waals surface area contributed by atoms with E-state index in [0.29, 0.717) is 11.6 Å². The molecule has 0 saturated carbocycles. The molecule has 0 aliphatic rings. The van der Waals surface area contributed by atoms with Gasteiger partial charge in [0.05, 0.1) is 12.6 Å². The lowest BCUT2D eigenvalue weighted by Gasteiger charge is -2.21. The van der Waals surface area contributed by atoms with Crippen LogP contribution in [0.4, 0.5) is 4.39 Å². The topological polar surface area (TPSA) is 32.3 Å². The zero-order valence-electron chi connectivity index (χ0n) is 14.9. The Morgan fingerprint density at radius 1 is 1.15 bits per heavy atom. The average Bonchev–Trinajstić information content (AvgIpc) is 3.17. The lowest BCUT2D eigenvalue weighted by atomic mass is 10.1. The normalized spacial score (nSPS) is 12.1. The van der Waals surface area contributed by atoms with Crippen molar-refractivity contribution in [1.29, 1.82) is 0 Å². The molecule has 1 amide bonds. The molecule has 140 valence electrons. The highest BCUT2D eigenvalue weighted by Crippen LogP contribution is 2.26. The molecule has 0 spiro atoms. The summed E-state index contributed by atoms with van der Waals surface area (Å²) < 4.78 is 13.3. The van der Waals surface area contributed by atoms with E-state index in [-0.39, 0.29) is 24.3 Å². The molecule has 1 atom stereocenters. The number of hydrogen-bond acceptors (Lipinski definition) is 3. The number of likely N-dealkylation sites (N-methyl/N-ethyl adjacent to an activating group) is 1. The van der Waals surface area contributed by atoms with Gasteiger partial charge < -0.3 is 5.32 Å². The van der Waals surface area contributed by atoms with Crippen molar-refractivity contribution < 1.29 is 9.18 Å². The Bertz CT molecular complexity index is 883. The zero-order chi connectivity index (χ0) is 19.2. The highest BCUT2D eigenvalue weighted by Gasteiger charge is 2.19. The summed E-state index contributed by atoms with van der Waals surface area (Å²) in [7, 11) is 1.88. The Morgan fingerprint density at radius 2 is 1.89 bits per heavy atom. The van der Waals surface area contributed by atoms with Crippen LogP contribution in [0.2, 0.25) is 5.02 Å². The Morgan fingerprint density at radius 3 is 2.56 bits per heavy atom. The monoisotopic (exact) mass is 402 g/mol. The van der Waals surface area contributed by atoms with Gasteiger partial charge in [0.15, 0.2) is 0 Å². The van der Waals surface area contributed by atoms with Crippen molar-refractivity contribution in [2.24, 2.45) is 0 Å². The standard InChI is InChI=1S/C21H20ClFN2OS/c1-25(13-16-5-2-3-6-18(16)22)14-20(26)24-21(19-7-4-12-27-19)15-8-10-17(23)11-9-15/h2-12,21H,13-14H2,1H3,(H,24,26)/t21-/m0/s1. The average molecular weight is 403 g/mol. The first-order valence-corrected chi connectivity index (χ1v) is 9.79. The molecule has 2 aromatic carbocycles. The van der Waals surface area contributed by atoms with Gasteiger partial charge in [-0.15, -0.1) is 11.3 Å². The van der Waals surface area contributed by atoms with Crippen LogP contribution in [0, 0.1) is 5.82 Å². The first kappa shape index (κ1) is 19.5.